The fraction of sp³-hybridized carbons (Fsp3) is 0.375. The molecule has 7 nitrogen and oxygen atoms in total. The van der Waals surface area contributed by atoms with E-state index in [2.05, 4.69) is 10.3 Å². The third-order valence-corrected chi connectivity index (χ3v) is 2.27. The van der Waals surface area contributed by atoms with E-state index < -0.39 is 4.92 Å². The van der Waals surface area contributed by atoms with Crippen LogP contribution in [0.1, 0.15) is 6.42 Å². The van der Waals surface area contributed by atoms with Gasteiger partial charge in [0.2, 0.25) is 5.82 Å². The molecule has 15 heavy (non-hydrogen) atoms. The highest BCUT2D eigenvalue weighted by molar-refractivity contribution is 5.57. The van der Waals surface area contributed by atoms with E-state index in [1.54, 1.807) is 0 Å². The quantitative estimate of drug-likeness (QED) is 0.479. The summed E-state index contributed by atoms with van der Waals surface area (Å²) in [5.74, 6) is 0.440. The zero-order valence-electron chi connectivity index (χ0n) is 7.88. The largest absolute Gasteiger partial charge is 0.378 e. The van der Waals surface area contributed by atoms with Crippen molar-refractivity contribution in [1.82, 2.24) is 4.98 Å². The summed E-state index contributed by atoms with van der Waals surface area (Å²) in [6.07, 6.45) is 0.887. The smallest absolute Gasteiger partial charge is 0.311 e. The average molecular weight is 209 g/mol. The van der Waals surface area contributed by atoms with Crippen molar-refractivity contribution in [3.8, 4) is 0 Å². The molecule has 7 heteroatoms. The van der Waals surface area contributed by atoms with E-state index >= 15 is 0 Å². The topological polar surface area (TPSA) is 120 Å². The second-order valence-electron chi connectivity index (χ2n) is 3.51. The Bertz CT molecular complexity index is 408. The van der Waals surface area contributed by atoms with Crippen LogP contribution >= 0.6 is 0 Å². The molecule has 0 aromatic carbocycles. The Morgan fingerprint density at radius 2 is 2.27 bits per heavy atom. The molecule has 0 amide bonds. The van der Waals surface area contributed by atoms with Crippen molar-refractivity contribution < 1.29 is 4.92 Å². The molecule has 5 N–H and O–H groups in total. The van der Waals surface area contributed by atoms with Gasteiger partial charge in [0.05, 0.1) is 4.92 Å². The second-order valence-corrected chi connectivity index (χ2v) is 3.51. The SMILES string of the molecule is Nc1nc(NC2CC2N)ccc1[N+](=O)[O-]. The fourth-order valence-corrected chi connectivity index (χ4v) is 1.27. The van der Waals surface area contributed by atoms with Crippen molar-refractivity contribution in [1.29, 1.82) is 0 Å². The number of nitrogens with two attached hydrogens (primary N) is 2. The Labute approximate surface area is 85.6 Å². The molecule has 0 bridgehead atoms. The van der Waals surface area contributed by atoms with Gasteiger partial charge >= 0.3 is 5.69 Å². The summed E-state index contributed by atoms with van der Waals surface area (Å²) in [6, 6.07) is 3.21. The molecular formula is C8H11N5O2. The van der Waals surface area contributed by atoms with Gasteiger partial charge < -0.3 is 16.8 Å². The van der Waals surface area contributed by atoms with Gasteiger partial charge in [0.15, 0.2) is 0 Å². The highest BCUT2D eigenvalue weighted by Gasteiger charge is 2.33. The van der Waals surface area contributed by atoms with Gasteiger partial charge in [-0.25, -0.2) is 4.98 Å². The van der Waals surface area contributed by atoms with Crippen molar-refractivity contribution in [2.75, 3.05) is 11.1 Å². The highest BCUT2D eigenvalue weighted by Crippen LogP contribution is 2.25. The Hall–Kier alpha value is -1.89. The Morgan fingerprint density at radius 1 is 1.60 bits per heavy atom. The summed E-state index contributed by atoms with van der Waals surface area (Å²) in [7, 11) is 0. The van der Waals surface area contributed by atoms with Crippen LogP contribution in [0.2, 0.25) is 0 Å². The summed E-state index contributed by atoms with van der Waals surface area (Å²) in [4.78, 5) is 13.8. The molecule has 0 radical (unpaired) electrons. The number of nitro groups is 1. The van der Waals surface area contributed by atoms with Crippen LogP contribution in [0.15, 0.2) is 12.1 Å². The number of hydrogen-bond donors (Lipinski definition) is 3. The molecule has 2 unspecified atom stereocenters. The number of aromatic nitrogens is 1. The van der Waals surface area contributed by atoms with Crippen molar-refractivity contribution in [2.24, 2.45) is 5.73 Å². The van der Waals surface area contributed by atoms with Crippen LogP contribution in [0, 0.1) is 10.1 Å². The molecule has 0 saturated heterocycles. The van der Waals surface area contributed by atoms with Gasteiger partial charge in [0, 0.05) is 18.2 Å². The molecule has 2 rings (SSSR count). The first-order chi connectivity index (χ1) is 7.08. The molecule has 1 aliphatic carbocycles. The predicted octanol–water partition coefficient (Wildman–Crippen LogP) is 0.0835. The number of nitrogens with one attached hydrogen (secondary N) is 1. The summed E-state index contributed by atoms with van der Waals surface area (Å²) in [6.45, 7) is 0. The Morgan fingerprint density at radius 3 is 2.73 bits per heavy atom. The normalized spacial score (nSPS) is 23.5. The van der Waals surface area contributed by atoms with Crippen molar-refractivity contribution in [2.45, 2.75) is 18.5 Å². The third kappa shape index (κ3) is 1.96. The third-order valence-electron chi connectivity index (χ3n) is 2.27. The van der Waals surface area contributed by atoms with Crippen LogP contribution in [0.25, 0.3) is 0 Å². The lowest BCUT2D eigenvalue weighted by Crippen LogP contribution is -2.14. The first-order valence-corrected chi connectivity index (χ1v) is 4.51. The van der Waals surface area contributed by atoms with E-state index in [1.165, 1.54) is 12.1 Å². The first-order valence-electron chi connectivity index (χ1n) is 4.51. The number of pyridine rings is 1. The van der Waals surface area contributed by atoms with Gasteiger partial charge in [0.1, 0.15) is 5.82 Å². The van der Waals surface area contributed by atoms with E-state index in [4.69, 9.17) is 11.5 Å². The van der Waals surface area contributed by atoms with Crippen molar-refractivity contribution in [3.63, 3.8) is 0 Å². The maximum Gasteiger partial charge on any atom is 0.311 e. The molecule has 0 spiro atoms. The Balaban J connectivity index is 2.14. The van der Waals surface area contributed by atoms with Crippen LogP contribution in [0.5, 0.6) is 0 Å². The molecule has 1 aliphatic rings. The zero-order valence-corrected chi connectivity index (χ0v) is 7.88. The molecule has 80 valence electrons. The van der Waals surface area contributed by atoms with Gasteiger partial charge in [-0.05, 0) is 12.5 Å². The van der Waals surface area contributed by atoms with Gasteiger partial charge in [-0.1, -0.05) is 0 Å². The second kappa shape index (κ2) is 3.35. The predicted molar refractivity (Wildman–Crippen MR) is 55.3 cm³/mol. The van der Waals surface area contributed by atoms with Gasteiger partial charge in [-0.2, -0.15) is 0 Å². The zero-order chi connectivity index (χ0) is 11.0. The molecular weight excluding hydrogens is 198 g/mol. The van der Waals surface area contributed by atoms with Gasteiger partial charge in [-0.15, -0.1) is 0 Å². The number of rotatable bonds is 3. The maximum absolute atomic E-state index is 10.5. The van der Waals surface area contributed by atoms with Gasteiger partial charge in [0.25, 0.3) is 0 Å². The summed E-state index contributed by atoms with van der Waals surface area (Å²) in [5, 5.41) is 13.5. The molecule has 2 atom stereocenters. The van der Waals surface area contributed by atoms with E-state index in [0.717, 1.165) is 6.42 Å². The minimum Gasteiger partial charge on any atom is -0.378 e. The minimum absolute atomic E-state index is 0.0841. The molecule has 1 aromatic heterocycles. The lowest BCUT2D eigenvalue weighted by atomic mass is 10.4. The van der Waals surface area contributed by atoms with E-state index in [-0.39, 0.29) is 23.6 Å². The summed E-state index contributed by atoms with van der Waals surface area (Å²) < 4.78 is 0. The monoisotopic (exact) mass is 209 g/mol. The highest BCUT2D eigenvalue weighted by atomic mass is 16.6. The van der Waals surface area contributed by atoms with E-state index in [1.807, 2.05) is 0 Å². The number of hydrogen-bond acceptors (Lipinski definition) is 6. The van der Waals surface area contributed by atoms with Crippen LogP contribution in [0.4, 0.5) is 17.3 Å². The van der Waals surface area contributed by atoms with Crippen LogP contribution in [-0.2, 0) is 0 Å². The number of nitrogen functional groups attached to an aromatic ring is 1. The average Bonchev–Trinajstić information content (AvgIpc) is 2.81. The van der Waals surface area contributed by atoms with E-state index in [9.17, 15) is 10.1 Å². The molecule has 1 saturated carbocycles. The molecule has 1 aromatic rings. The fourth-order valence-electron chi connectivity index (χ4n) is 1.27. The van der Waals surface area contributed by atoms with Crippen molar-refractivity contribution >= 4 is 17.3 Å². The minimum atomic E-state index is -0.561. The summed E-state index contributed by atoms with van der Waals surface area (Å²) in [5.41, 5.74) is 10.8. The Kier molecular flexibility index (Phi) is 2.16. The molecule has 1 heterocycles. The van der Waals surface area contributed by atoms with Gasteiger partial charge in [-0.3, -0.25) is 10.1 Å². The lowest BCUT2D eigenvalue weighted by Gasteiger charge is -2.04. The summed E-state index contributed by atoms with van der Waals surface area (Å²) >= 11 is 0. The number of anilines is 2. The van der Waals surface area contributed by atoms with Crippen LogP contribution in [-0.4, -0.2) is 22.0 Å². The molecule has 0 aliphatic heterocycles. The first kappa shape index (κ1) is 9.66. The molecule has 1 fully saturated rings. The maximum atomic E-state index is 10.5. The van der Waals surface area contributed by atoms with E-state index in [0.29, 0.717) is 5.82 Å². The van der Waals surface area contributed by atoms with Crippen molar-refractivity contribution in [3.05, 3.63) is 22.2 Å². The lowest BCUT2D eigenvalue weighted by molar-refractivity contribution is -0.384. The van der Waals surface area contributed by atoms with Crippen LogP contribution < -0.4 is 16.8 Å². The van der Waals surface area contributed by atoms with Crippen LogP contribution in [0.3, 0.4) is 0 Å². The standard InChI is InChI=1S/C8H11N5O2/c9-4-3-5(4)11-7-2-1-6(13(14)15)8(10)12-7/h1-2,4-5H,3,9H2,(H3,10,11,12). The number of nitrogens with zero attached hydrogens (tertiary/aromatic N) is 2.